The number of fused-ring (bicyclic) bond motifs is 1. The molecule has 0 saturated carbocycles. The molecule has 2 amide bonds. The Morgan fingerprint density at radius 1 is 0.760 bits per heavy atom. The van der Waals surface area contributed by atoms with Gasteiger partial charge in [0.1, 0.15) is 12.1 Å². The van der Waals surface area contributed by atoms with Crippen molar-refractivity contribution in [3.8, 4) is 0 Å². The Hall–Kier alpha value is -3.08. The third-order valence-electron chi connectivity index (χ3n) is 4.56. The van der Waals surface area contributed by atoms with Crippen LogP contribution in [-0.2, 0) is 22.4 Å². The molecule has 1 aliphatic rings. The second-order valence-corrected chi connectivity index (χ2v) is 6.40. The topological polar surface area (TPSA) is 74.0 Å². The van der Waals surface area contributed by atoms with E-state index in [0.717, 1.165) is 22.2 Å². The third-order valence-corrected chi connectivity index (χ3v) is 4.56. The van der Waals surface area contributed by atoms with Gasteiger partial charge in [-0.2, -0.15) is 0 Å². The first-order valence-corrected chi connectivity index (χ1v) is 8.40. The summed E-state index contributed by atoms with van der Waals surface area (Å²) in [6, 6.07) is 18.6. The molecule has 0 bridgehead atoms. The standard InChI is InChI=1S/C20H19N3O2/c24-19-17(10-13-6-2-1-3-7-13)22-20(25)18(23-19)12-15-11-14-8-4-5-9-16(14)21-15/h1-9,11,17-18,21H,10,12H2,(H,22,25)(H,23,24)/t17-,18-/m0/s1. The summed E-state index contributed by atoms with van der Waals surface area (Å²) in [5, 5.41) is 6.81. The minimum atomic E-state index is -0.549. The van der Waals surface area contributed by atoms with Gasteiger partial charge in [-0.05, 0) is 23.1 Å². The molecule has 1 fully saturated rings. The number of amides is 2. The van der Waals surface area contributed by atoms with Gasteiger partial charge in [-0.15, -0.1) is 0 Å². The highest BCUT2D eigenvalue weighted by molar-refractivity contribution is 5.97. The average molecular weight is 333 g/mol. The van der Waals surface area contributed by atoms with Gasteiger partial charge in [0.15, 0.2) is 0 Å². The highest BCUT2D eigenvalue weighted by atomic mass is 16.2. The molecule has 2 heterocycles. The molecular weight excluding hydrogens is 314 g/mol. The maximum absolute atomic E-state index is 12.4. The van der Waals surface area contributed by atoms with Gasteiger partial charge in [-0.1, -0.05) is 48.5 Å². The quantitative estimate of drug-likeness (QED) is 0.682. The Kier molecular flexibility index (Phi) is 3.98. The summed E-state index contributed by atoms with van der Waals surface area (Å²) < 4.78 is 0. The van der Waals surface area contributed by atoms with Gasteiger partial charge in [0.2, 0.25) is 11.8 Å². The van der Waals surface area contributed by atoms with Gasteiger partial charge in [-0.3, -0.25) is 9.59 Å². The van der Waals surface area contributed by atoms with Gasteiger partial charge in [0, 0.05) is 24.1 Å². The van der Waals surface area contributed by atoms with Crippen LogP contribution >= 0.6 is 0 Å². The van der Waals surface area contributed by atoms with Crippen LogP contribution in [0.5, 0.6) is 0 Å². The first kappa shape index (κ1) is 15.4. The summed E-state index contributed by atoms with van der Waals surface area (Å²) in [6.45, 7) is 0. The predicted molar refractivity (Wildman–Crippen MR) is 96.0 cm³/mol. The van der Waals surface area contributed by atoms with Gasteiger partial charge in [0.25, 0.3) is 0 Å². The second kappa shape index (κ2) is 6.43. The van der Waals surface area contributed by atoms with E-state index in [0.29, 0.717) is 12.8 Å². The van der Waals surface area contributed by atoms with Crippen LogP contribution in [0.1, 0.15) is 11.3 Å². The molecule has 0 spiro atoms. The summed E-state index contributed by atoms with van der Waals surface area (Å²) in [4.78, 5) is 28.1. The molecule has 3 N–H and O–H groups in total. The van der Waals surface area contributed by atoms with E-state index in [1.165, 1.54) is 0 Å². The maximum atomic E-state index is 12.4. The predicted octanol–water partition coefficient (Wildman–Crippen LogP) is 1.94. The van der Waals surface area contributed by atoms with Crippen LogP contribution in [0.2, 0.25) is 0 Å². The molecule has 5 nitrogen and oxygen atoms in total. The van der Waals surface area contributed by atoms with Crippen molar-refractivity contribution in [2.24, 2.45) is 0 Å². The SMILES string of the molecule is O=C1N[C@@H](Cc2cc3ccccc3[nH]2)C(=O)N[C@H]1Cc1ccccc1. The van der Waals surface area contributed by atoms with Crippen molar-refractivity contribution in [1.29, 1.82) is 0 Å². The van der Waals surface area contributed by atoms with Gasteiger partial charge in [-0.25, -0.2) is 0 Å². The molecule has 1 saturated heterocycles. The molecule has 0 aliphatic carbocycles. The number of hydrogen-bond donors (Lipinski definition) is 3. The van der Waals surface area contributed by atoms with Crippen LogP contribution in [0, 0.1) is 0 Å². The van der Waals surface area contributed by atoms with Crippen molar-refractivity contribution < 1.29 is 9.59 Å². The lowest BCUT2D eigenvalue weighted by atomic mass is 10.0. The van der Waals surface area contributed by atoms with E-state index in [1.807, 2.05) is 60.7 Å². The molecule has 126 valence electrons. The Morgan fingerprint density at radius 2 is 1.40 bits per heavy atom. The number of aromatic amines is 1. The highest BCUT2D eigenvalue weighted by Gasteiger charge is 2.33. The molecule has 4 rings (SSSR count). The number of rotatable bonds is 4. The first-order valence-electron chi connectivity index (χ1n) is 8.40. The van der Waals surface area contributed by atoms with Gasteiger partial charge in [0.05, 0.1) is 0 Å². The number of piperazine rings is 1. The van der Waals surface area contributed by atoms with Crippen LogP contribution in [0.4, 0.5) is 0 Å². The smallest absolute Gasteiger partial charge is 0.243 e. The summed E-state index contributed by atoms with van der Waals surface area (Å²) >= 11 is 0. The molecule has 1 aliphatic heterocycles. The van der Waals surface area contributed by atoms with E-state index in [9.17, 15) is 9.59 Å². The van der Waals surface area contributed by atoms with E-state index in [1.54, 1.807) is 0 Å². The molecule has 0 radical (unpaired) electrons. The molecular formula is C20H19N3O2. The van der Waals surface area contributed by atoms with Gasteiger partial charge < -0.3 is 15.6 Å². The largest absolute Gasteiger partial charge is 0.358 e. The molecule has 0 unspecified atom stereocenters. The zero-order valence-corrected chi connectivity index (χ0v) is 13.7. The number of benzene rings is 2. The van der Waals surface area contributed by atoms with Crippen LogP contribution in [0.3, 0.4) is 0 Å². The van der Waals surface area contributed by atoms with Crippen molar-refractivity contribution in [3.63, 3.8) is 0 Å². The second-order valence-electron chi connectivity index (χ2n) is 6.40. The van der Waals surface area contributed by atoms with Crippen molar-refractivity contribution in [2.75, 3.05) is 0 Å². The lowest BCUT2D eigenvalue weighted by molar-refractivity contribution is -0.136. The monoisotopic (exact) mass is 333 g/mol. The Morgan fingerprint density at radius 3 is 2.12 bits per heavy atom. The minimum Gasteiger partial charge on any atom is -0.358 e. The van der Waals surface area contributed by atoms with Gasteiger partial charge >= 0.3 is 0 Å². The molecule has 5 heteroatoms. The fourth-order valence-corrected chi connectivity index (χ4v) is 3.28. The van der Waals surface area contributed by atoms with E-state index in [4.69, 9.17) is 0 Å². The zero-order valence-electron chi connectivity index (χ0n) is 13.7. The van der Waals surface area contributed by atoms with Crippen LogP contribution in [0.15, 0.2) is 60.7 Å². The number of aromatic nitrogens is 1. The molecule has 2 aromatic carbocycles. The lowest BCUT2D eigenvalue weighted by Gasteiger charge is -2.29. The first-order chi connectivity index (χ1) is 12.2. The Bertz CT molecular complexity index is 884. The van der Waals surface area contributed by atoms with Crippen molar-refractivity contribution in [2.45, 2.75) is 24.9 Å². The maximum Gasteiger partial charge on any atom is 0.243 e. The van der Waals surface area contributed by atoms with Crippen molar-refractivity contribution >= 4 is 22.7 Å². The van der Waals surface area contributed by atoms with E-state index in [-0.39, 0.29) is 11.8 Å². The van der Waals surface area contributed by atoms with Crippen LogP contribution in [-0.4, -0.2) is 28.9 Å². The van der Waals surface area contributed by atoms with Crippen LogP contribution < -0.4 is 10.6 Å². The number of H-pyrrole nitrogens is 1. The van der Waals surface area contributed by atoms with E-state index < -0.39 is 12.1 Å². The third kappa shape index (κ3) is 3.26. The summed E-state index contributed by atoms with van der Waals surface area (Å²) in [5.74, 6) is -0.274. The zero-order chi connectivity index (χ0) is 17.2. The van der Waals surface area contributed by atoms with Crippen LogP contribution in [0.25, 0.3) is 10.9 Å². The number of nitrogens with one attached hydrogen (secondary N) is 3. The number of carbonyl (C=O) groups is 2. The van der Waals surface area contributed by atoms with Crippen molar-refractivity contribution in [1.82, 2.24) is 15.6 Å². The summed E-state index contributed by atoms with van der Waals surface area (Å²) in [7, 11) is 0. The Labute approximate surface area is 145 Å². The summed E-state index contributed by atoms with van der Waals surface area (Å²) in [5.41, 5.74) is 2.99. The molecule has 2 atom stereocenters. The minimum absolute atomic E-state index is 0.135. The molecule has 1 aromatic heterocycles. The summed E-state index contributed by atoms with van der Waals surface area (Å²) in [6.07, 6.45) is 0.946. The fourth-order valence-electron chi connectivity index (χ4n) is 3.28. The highest BCUT2D eigenvalue weighted by Crippen LogP contribution is 2.17. The fraction of sp³-hybridized carbons (Fsp3) is 0.200. The Balaban J connectivity index is 1.44. The number of para-hydroxylation sites is 1. The molecule has 25 heavy (non-hydrogen) atoms. The van der Waals surface area contributed by atoms with Crippen molar-refractivity contribution in [3.05, 3.63) is 71.9 Å². The lowest BCUT2D eigenvalue weighted by Crippen LogP contribution is -2.62. The number of hydrogen-bond acceptors (Lipinski definition) is 2. The van der Waals surface area contributed by atoms with E-state index in [2.05, 4.69) is 15.6 Å². The average Bonchev–Trinajstić information content (AvgIpc) is 3.02. The normalized spacial score (nSPS) is 20.3. The number of carbonyl (C=O) groups excluding carboxylic acids is 2. The van der Waals surface area contributed by atoms with E-state index >= 15 is 0 Å². The molecule has 3 aromatic rings.